The van der Waals surface area contributed by atoms with Crippen LogP contribution in [-0.2, 0) is 16.6 Å². The van der Waals surface area contributed by atoms with Crippen LogP contribution >= 0.6 is 11.6 Å². The van der Waals surface area contributed by atoms with E-state index in [-0.39, 0.29) is 6.54 Å². The van der Waals surface area contributed by atoms with Gasteiger partial charge in [-0.15, -0.1) is 0 Å². The van der Waals surface area contributed by atoms with Gasteiger partial charge in [0.05, 0.1) is 18.5 Å². The van der Waals surface area contributed by atoms with Gasteiger partial charge >= 0.3 is 0 Å². The maximum atomic E-state index is 12.2. The molecule has 3 rings (SSSR count). The molecule has 3 aromatic rings. The molecule has 1 heterocycles. The van der Waals surface area contributed by atoms with E-state index in [2.05, 4.69) is 4.98 Å². The second-order valence-corrected chi connectivity index (χ2v) is 8.02. The molecule has 0 spiro atoms. The highest BCUT2D eigenvalue weighted by atomic mass is 35.5. The lowest BCUT2D eigenvalue weighted by Crippen LogP contribution is -2.29. The molecule has 0 aliphatic rings. The van der Waals surface area contributed by atoms with Crippen LogP contribution in [0.15, 0.2) is 73.1 Å². The number of anilines is 1. The Labute approximate surface area is 157 Å². The van der Waals surface area contributed by atoms with Crippen LogP contribution in [0.2, 0.25) is 5.02 Å². The largest absolute Gasteiger partial charge is 0.457 e. The molecule has 0 aliphatic heterocycles. The lowest BCUT2D eigenvalue weighted by Gasteiger charge is -2.22. The van der Waals surface area contributed by atoms with Crippen LogP contribution in [-0.4, -0.2) is 19.7 Å². The number of aromatic nitrogens is 1. The summed E-state index contributed by atoms with van der Waals surface area (Å²) in [6.45, 7) is 0.212. The fraction of sp³-hybridized carbons (Fsp3) is 0.105. The van der Waals surface area contributed by atoms with Crippen molar-refractivity contribution in [2.45, 2.75) is 6.54 Å². The van der Waals surface area contributed by atoms with E-state index >= 15 is 0 Å². The van der Waals surface area contributed by atoms with Gasteiger partial charge in [-0.25, -0.2) is 8.42 Å². The van der Waals surface area contributed by atoms with E-state index < -0.39 is 10.0 Å². The smallest absolute Gasteiger partial charge is 0.232 e. The van der Waals surface area contributed by atoms with Gasteiger partial charge in [-0.1, -0.05) is 17.7 Å². The van der Waals surface area contributed by atoms with E-state index in [0.29, 0.717) is 22.2 Å². The number of benzene rings is 2. The first kappa shape index (κ1) is 18.2. The van der Waals surface area contributed by atoms with Gasteiger partial charge in [0, 0.05) is 17.4 Å². The third kappa shape index (κ3) is 4.74. The number of rotatable bonds is 6. The predicted octanol–water partition coefficient (Wildman–Crippen LogP) is 4.49. The third-order valence-electron chi connectivity index (χ3n) is 3.62. The minimum atomic E-state index is -3.44. The number of nitrogens with zero attached hydrogens (tertiary/aromatic N) is 2. The summed E-state index contributed by atoms with van der Waals surface area (Å²) in [7, 11) is -3.44. The highest BCUT2D eigenvalue weighted by Crippen LogP contribution is 2.27. The molecule has 0 aliphatic carbocycles. The van der Waals surface area contributed by atoms with Gasteiger partial charge in [-0.2, -0.15) is 0 Å². The number of ether oxygens (including phenoxy) is 1. The molecule has 0 radical (unpaired) electrons. The van der Waals surface area contributed by atoms with Crippen molar-refractivity contribution < 1.29 is 13.2 Å². The van der Waals surface area contributed by atoms with Crippen LogP contribution in [0.1, 0.15) is 5.56 Å². The molecule has 1 aromatic heterocycles. The third-order valence-corrected chi connectivity index (χ3v) is 5.02. The molecule has 26 heavy (non-hydrogen) atoms. The Hall–Kier alpha value is -2.57. The van der Waals surface area contributed by atoms with Crippen LogP contribution < -0.4 is 9.04 Å². The van der Waals surface area contributed by atoms with Gasteiger partial charge < -0.3 is 4.74 Å². The minimum absolute atomic E-state index is 0.212. The van der Waals surface area contributed by atoms with Crippen molar-refractivity contribution in [1.82, 2.24) is 4.98 Å². The predicted molar refractivity (Wildman–Crippen MR) is 103 cm³/mol. The van der Waals surface area contributed by atoms with E-state index in [1.807, 2.05) is 6.07 Å². The first-order valence-corrected chi connectivity index (χ1v) is 10.0. The van der Waals surface area contributed by atoms with E-state index in [1.165, 1.54) is 10.6 Å². The lowest BCUT2D eigenvalue weighted by atomic mass is 10.2. The molecule has 134 valence electrons. The zero-order valence-corrected chi connectivity index (χ0v) is 15.6. The van der Waals surface area contributed by atoms with Crippen molar-refractivity contribution in [3.05, 3.63) is 83.6 Å². The second kappa shape index (κ2) is 7.76. The molecule has 5 nitrogen and oxygen atoms in total. The number of hydrogen-bond donors (Lipinski definition) is 0. The number of pyridine rings is 1. The van der Waals surface area contributed by atoms with Crippen molar-refractivity contribution in [1.29, 1.82) is 0 Å². The topological polar surface area (TPSA) is 59.5 Å². The van der Waals surface area contributed by atoms with Crippen molar-refractivity contribution in [3.63, 3.8) is 0 Å². The van der Waals surface area contributed by atoms with E-state index in [9.17, 15) is 8.42 Å². The Balaban J connectivity index is 1.80. The zero-order chi connectivity index (χ0) is 18.6. The molecule has 0 atom stereocenters. The molecule has 0 N–H and O–H groups in total. The van der Waals surface area contributed by atoms with E-state index in [0.717, 1.165) is 5.56 Å². The number of hydrogen-bond acceptors (Lipinski definition) is 4. The summed E-state index contributed by atoms with van der Waals surface area (Å²) < 4.78 is 31.5. The maximum absolute atomic E-state index is 12.2. The lowest BCUT2D eigenvalue weighted by molar-refractivity contribution is 0.482. The number of sulfonamides is 1. The van der Waals surface area contributed by atoms with Crippen LogP contribution in [0.4, 0.5) is 5.69 Å². The maximum Gasteiger partial charge on any atom is 0.232 e. The Morgan fingerprint density at radius 3 is 2.15 bits per heavy atom. The molecule has 0 saturated heterocycles. The van der Waals surface area contributed by atoms with E-state index in [4.69, 9.17) is 16.3 Å². The highest BCUT2D eigenvalue weighted by molar-refractivity contribution is 7.92. The van der Waals surface area contributed by atoms with Gasteiger partial charge in [0.1, 0.15) is 11.5 Å². The van der Waals surface area contributed by atoms with Crippen molar-refractivity contribution >= 4 is 27.3 Å². The number of halogens is 1. The Morgan fingerprint density at radius 2 is 1.62 bits per heavy atom. The molecule has 0 fully saturated rings. The zero-order valence-electron chi connectivity index (χ0n) is 14.0. The SMILES string of the molecule is CS(=O)(=O)N(Cc1cccnc1)c1ccc(Oc2ccc(Cl)cc2)cc1. The van der Waals surface area contributed by atoms with Crippen molar-refractivity contribution in [2.75, 3.05) is 10.6 Å². The minimum Gasteiger partial charge on any atom is -0.457 e. The van der Waals surface area contributed by atoms with Crippen molar-refractivity contribution in [2.24, 2.45) is 0 Å². The molecule has 7 heteroatoms. The quantitative estimate of drug-likeness (QED) is 0.624. The summed E-state index contributed by atoms with van der Waals surface area (Å²) in [5.74, 6) is 1.25. The average molecular weight is 389 g/mol. The van der Waals surface area contributed by atoms with Crippen LogP contribution in [0.5, 0.6) is 11.5 Å². The Bertz CT molecular complexity index is 960. The standard InChI is InChI=1S/C19H17ClN2O3S/c1-26(23,24)22(14-15-3-2-12-21-13-15)17-6-10-19(11-7-17)25-18-8-4-16(20)5-9-18/h2-13H,14H2,1H3. The Kier molecular flexibility index (Phi) is 5.44. The first-order valence-electron chi connectivity index (χ1n) is 7.82. The summed E-state index contributed by atoms with van der Waals surface area (Å²) >= 11 is 5.86. The summed E-state index contributed by atoms with van der Waals surface area (Å²) in [5.41, 5.74) is 1.36. The van der Waals surface area contributed by atoms with Crippen molar-refractivity contribution in [3.8, 4) is 11.5 Å². The van der Waals surface area contributed by atoms with Gasteiger partial charge in [0.25, 0.3) is 0 Å². The Morgan fingerprint density at radius 1 is 1.00 bits per heavy atom. The van der Waals surface area contributed by atoms with Crippen LogP contribution in [0.25, 0.3) is 0 Å². The summed E-state index contributed by atoms with van der Waals surface area (Å²) in [6.07, 6.45) is 4.48. The fourth-order valence-corrected chi connectivity index (χ4v) is 3.39. The molecule has 0 bridgehead atoms. The molecule has 0 saturated carbocycles. The normalized spacial score (nSPS) is 11.2. The van der Waals surface area contributed by atoms with E-state index in [1.54, 1.807) is 67.0 Å². The summed E-state index contributed by atoms with van der Waals surface area (Å²) in [6, 6.07) is 17.5. The van der Waals surface area contributed by atoms with Gasteiger partial charge in [0.2, 0.25) is 10.0 Å². The molecule has 0 unspecified atom stereocenters. The van der Waals surface area contributed by atoms with Crippen LogP contribution in [0, 0.1) is 0 Å². The fourth-order valence-electron chi connectivity index (χ4n) is 2.38. The summed E-state index contributed by atoms with van der Waals surface area (Å²) in [4.78, 5) is 4.03. The monoisotopic (exact) mass is 388 g/mol. The molecule has 0 amide bonds. The van der Waals surface area contributed by atoms with Gasteiger partial charge in [0.15, 0.2) is 0 Å². The first-order chi connectivity index (χ1) is 12.4. The molecular formula is C19H17ClN2O3S. The average Bonchev–Trinajstić information content (AvgIpc) is 2.62. The summed E-state index contributed by atoms with van der Waals surface area (Å²) in [5, 5.41) is 0.631. The molecular weight excluding hydrogens is 372 g/mol. The van der Waals surface area contributed by atoms with Crippen LogP contribution in [0.3, 0.4) is 0 Å². The second-order valence-electron chi connectivity index (χ2n) is 5.68. The molecule has 2 aromatic carbocycles. The highest BCUT2D eigenvalue weighted by Gasteiger charge is 2.18. The van der Waals surface area contributed by atoms with Gasteiger partial charge in [-0.05, 0) is 60.2 Å². The van der Waals surface area contributed by atoms with Gasteiger partial charge in [-0.3, -0.25) is 9.29 Å².